The van der Waals surface area contributed by atoms with E-state index in [1.165, 1.54) is 19.2 Å². The zero-order valence-electron chi connectivity index (χ0n) is 9.32. The molecule has 5 heteroatoms. The van der Waals surface area contributed by atoms with Crippen LogP contribution in [0.2, 0.25) is 0 Å². The first-order valence-electron chi connectivity index (χ1n) is 5.59. The van der Waals surface area contributed by atoms with Gasteiger partial charge in [-0.15, -0.1) is 0 Å². The molecule has 1 heterocycles. The van der Waals surface area contributed by atoms with Gasteiger partial charge in [0, 0.05) is 0 Å². The molecule has 1 fully saturated rings. The molecule has 1 aliphatic carbocycles. The van der Waals surface area contributed by atoms with E-state index in [2.05, 4.69) is 32.8 Å². The van der Waals surface area contributed by atoms with Gasteiger partial charge in [-0.05, 0) is 41.1 Å². The minimum Gasteiger partial charge on any atom is -0.473 e. The molecule has 0 spiro atoms. The van der Waals surface area contributed by atoms with Crippen LogP contribution < -0.4 is 10.5 Å². The van der Waals surface area contributed by atoms with Gasteiger partial charge in [0.25, 0.3) is 0 Å². The highest BCUT2D eigenvalue weighted by Gasteiger charge is 2.21. The fourth-order valence-corrected chi connectivity index (χ4v) is 2.39. The summed E-state index contributed by atoms with van der Waals surface area (Å²) in [5, 5.41) is 0. The largest absolute Gasteiger partial charge is 0.473 e. The van der Waals surface area contributed by atoms with E-state index in [0.29, 0.717) is 16.2 Å². The van der Waals surface area contributed by atoms with Crippen molar-refractivity contribution in [1.82, 2.24) is 9.97 Å². The van der Waals surface area contributed by atoms with Gasteiger partial charge in [-0.25, -0.2) is 9.97 Å². The Kier molecular flexibility index (Phi) is 3.63. The van der Waals surface area contributed by atoms with Gasteiger partial charge in [0.1, 0.15) is 22.7 Å². The first kappa shape index (κ1) is 11.6. The van der Waals surface area contributed by atoms with E-state index < -0.39 is 0 Å². The van der Waals surface area contributed by atoms with Crippen molar-refractivity contribution >= 4 is 21.7 Å². The highest BCUT2D eigenvalue weighted by atomic mass is 79.9. The predicted octanol–water partition coefficient (Wildman–Crippen LogP) is 2.78. The number of nitrogen functional groups attached to an aromatic ring is 1. The van der Waals surface area contributed by atoms with Crippen LogP contribution in [0.15, 0.2) is 10.8 Å². The first-order chi connectivity index (χ1) is 7.66. The van der Waals surface area contributed by atoms with Crippen LogP contribution in [0.1, 0.15) is 32.6 Å². The van der Waals surface area contributed by atoms with Crippen LogP contribution in [0, 0.1) is 5.92 Å². The van der Waals surface area contributed by atoms with Crippen LogP contribution in [0.5, 0.6) is 5.88 Å². The molecule has 16 heavy (non-hydrogen) atoms. The lowest BCUT2D eigenvalue weighted by atomic mass is 9.89. The van der Waals surface area contributed by atoms with Gasteiger partial charge in [-0.2, -0.15) is 0 Å². The van der Waals surface area contributed by atoms with Gasteiger partial charge in [0.05, 0.1) is 0 Å². The second-order valence-electron chi connectivity index (χ2n) is 4.39. The van der Waals surface area contributed by atoms with Crippen LogP contribution in [0.25, 0.3) is 0 Å². The summed E-state index contributed by atoms with van der Waals surface area (Å²) in [6, 6.07) is 0. The normalized spacial score (nSPS) is 25.4. The first-order valence-corrected chi connectivity index (χ1v) is 6.38. The highest BCUT2D eigenvalue weighted by molar-refractivity contribution is 9.10. The molecule has 0 amide bonds. The predicted molar refractivity (Wildman–Crippen MR) is 66.2 cm³/mol. The van der Waals surface area contributed by atoms with Gasteiger partial charge in [0.15, 0.2) is 0 Å². The van der Waals surface area contributed by atoms with E-state index in [4.69, 9.17) is 10.5 Å². The number of hydrogen-bond acceptors (Lipinski definition) is 4. The molecule has 1 aliphatic rings. The zero-order valence-corrected chi connectivity index (χ0v) is 10.9. The summed E-state index contributed by atoms with van der Waals surface area (Å²) in [4.78, 5) is 7.99. The molecule has 1 aromatic heterocycles. The molecule has 0 aromatic carbocycles. The third-order valence-corrected chi connectivity index (χ3v) is 3.70. The summed E-state index contributed by atoms with van der Waals surface area (Å²) in [5.41, 5.74) is 5.68. The Hall–Kier alpha value is -0.840. The average molecular weight is 286 g/mol. The van der Waals surface area contributed by atoms with Gasteiger partial charge in [-0.1, -0.05) is 13.3 Å². The Morgan fingerprint density at radius 1 is 1.44 bits per heavy atom. The van der Waals surface area contributed by atoms with Crippen molar-refractivity contribution in [1.29, 1.82) is 0 Å². The maximum Gasteiger partial charge on any atom is 0.233 e. The van der Waals surface area contributed by atoms with Crippen molar-refractivity contribution in [3.8, 4) is 5.88 Å². The lowest BCUT2D eigenvalue weighted by molar-refractivity contribution is 0.123. The van der Waals surface area contributed by atoms with E-state index >= 15 is 0 Å². The van der Waals surface area contributed by atoms with Crippen LogP contribution in [0.3, 0.4) is 0 Å². The molecule has 0 saturated heterocycles. The van der Waals surface area contributed by atoms with E-state index in [9.17, 15) is 0 Å². The molecule has 4 nitrogen and oxygen atoms in total. The number of ether oxygens (including phenoxy) is 1. The van der Waals surface area contributed by atoms with Crippen molar-refractivity contribution in [3.05, 3.63) is 10.8 Å². The van der Waals surface area contributed by atoms with Crippen molar-refractivity contribution in [2.75, 3.05) is 5.73 Å². The summed E-state index contributed by atoms with van der Waals surface area (Å²) < 4.78 is 6.52. The Morgan fingerprint density at radius 3 is 3.00 bits per heavy atom. The Morgan fingerprint density at radius 2 is 2.25 bits per heavy atom. The van der Waals surface area contributed by atoms with Crippen LogP contribution in [0.4, 0.5) is 5.82 Å². The summed E-state index contributed by atoms with van der Waals surface area (Å²) >= 11 is 3.35. The fraction of sp³-hybridized carbons (Fsp3) is 0.636. The molecule has 0 aliphatic heterocycles. The Balaban J connectivity index is 2.05. The summed E-state index contributed by atoms with van der Waals surface area (Å²) in [7, 11) is 0. The molecule has 0 radical (unpaired) electrons. The number of nitrogens with zero attached hydrogens (tertiary/aromatic N) is 2. The quantitative estimate of drug-likeness (QED) is 0.908. The topological polar surface area (TPSA) is 61.0 Å². The van der Waals surface area contributed by atoms with Gasteiger partial charge >= 0.3 is 0 Å². The summed E-state index contributed by atoms with van der Waals surface area (Å²) in [6.45, 7) is 2.26. The van der Waals surface area contributed by atoms with Crippen molar-refractivity contribution in [3.63, 3.8) is 0 Å². The maximum absolute atomic E-state index is 5.86. The van der Waals surface area contributed by atoms with Crippen molar-refractivity contribution in [2.45, 2.75) is 38.7 Å². The molecular weight excluding hydrogens is 270 g/mol. The minimum atomic E-state index is 0.259. The van der Waals surface area contributed by atoms with Crippen LogP contribution in [-0.2, 0) is 0 Å². The highest BCUT2D eigenvalue weighted by Crippen LogP contribution is 2.31. The SMILES string of the molecule is CC1CCCC(Oc2ncnc(N)c2Br)C1. The third-order valence-electron chi connectivity index (χ3n) is 2.95. The molecule has 88 valence electrons. The van der Waals surface area contributed by atoms with E-state index in [1.807, 2.05) is 0 Å². The minimum absolute atomic E-state index is 0.259. The average Bonchev–Trinajstić information content (AvgIpc) is 2.25. The van der Waals surface area contributed by atoms with Crippen molar-refractivity contribution in [2.24, 2.45) is 5.92 Å². The molecular formula is C11H16BrN3O. The number of nitrogens with two attached hydrogens (primary N) is 1. The lowest BCUT2D eigenvalue weighted by Crippen LogP contribution is -2.24. The van der Waals surface area contributed by atoms with Gasteiger partial charge in [-0.3, -0.25) is 0 Å². The molecule has 1 saturated carbocycles. The molecule has 2 unspecified atom stereocenters. The third kappa shape index (κ3) is 2.64. The zero-order chi connectivity index (χ0) is 11.5. The Labute approximate surface area is 104 Å². The lowest BCUT2D eigenvalue weighted by Gasteiger charge is -2.27. The smallest absolute Gasteiger partial charge is 0.233 e. The number of hydrogen-bond donors (Lipinski definition) is 1. The molecule has 2 N–H and O–H groups in total. The molecule has 2 atom stereocenters. The molecule has 0 bridgehead atoms. The van der Waals surface area contributed by atoms with Gasteiger partial charge in [0.2, 0.25) is 5.88 Å². The van der Waals surface area contributed by atoms with Crippen molar-refractivity contribution < 1.29 is 4.74 Å². The number of anilines is 1. The molecule has 1 aromatic rings. The number of aromatic nitrogens is 2. The molecule has 2 rings (SSSR count). The van der Waals surface area contributed by atoms with Crippen LogP contribution >= 0.6 is 15.9 Å². The number of halogens is 1. The fourth-order valence-electron chi connectivity index (χ4n) is 2.09. The van der Waals surface area contributed by atoms with Crippen LogP contribution in [-0.4, -0.2) is 16.1 Å². The monoisotopic (exact) mass is 285 g/mol. The summed E-state index contributed by atoms with van der Waals surface area (Å²) in [5.74, 6) is 1.72. The van der Waals surface area contributed by atoms with E-state index in [0.717, 1.165) is 18.8 Å². The van der Waals surface area contributed by atoms with E-state index in [-0.39, 0.29) is 6.10 Å². The Bertz CT molecular complexity index is 372. The van der Waals surface area contributed by atoms with E-state index in [1.54, 1.807) is 0 Å². The second kappa shape index (κ2) is 4.99. The van der Waals surface area contributed by atoms with Gasteiger partial charge < -0.3 is 10.5 Å². The summed E-state index contributed by atoms with van der Waals surface area (Å²) in [6.07, 6.45) is 6.41. The second-order valence-corrected chi connectivity index (χ2v) is 5.18. The maximum atomic E-state index is 5.86. The number of rotatable bonds is 2. The standard InChI is InChI=1S/C11H16BrN3O/c1-7-3-2-4-8(5-7)16-11-9(12)10(13)14-6-15-11/h6-8H,2-5H2,1H3,(H2,13,14,15).